The molecule has 1 aromatic carbocycles. The molecule has 0 aromatic heterocycles. The lowest BCUT2D eigenvalue weighted by Gasteiger charge is -2.33. The van der Waals surface area contributed by atoms with E-state index in [4.69, 9.17) is 0 Å². The fraction of sp³-hybridized carbons (Fsp3) is 0.385. The highest BCUT2D eigenvalue weighted by Gasteiger charge is 2.28. The van der Waals surface area contributed by atoms with Crippen LogP contribution in [0.1, 0.15) is 10.4 Å². The van der Waals surface area contributed by atoms with Gasteiger partial charge in [-0.15, -0.1) is 0 Å². The van der Waals surface area contributed by atoms with Gasteiger partial charge in [0.15, 0.2) is 17.5 Å². The van der Waals surface area contributed by atoms with Gasteiger partial charge in [0.2, 0.25) is 0 Å². The molecule has 0 unspecified atom stereocenters. The van der Waals surface area contributed by atoms with E-state index in [-0.39, 0.29) is 26.2 Å². The minimum atomic E-state index is -1.67. The van der Waals surface area contributed by atoms with Crippen LogP contribution in [0.3, 0.4) is 0 Å². The summed E-state index contributed by atoms with van der Waals surface area (Å²) in [4.78, 5) is 26.1. The number of methoxy groups -OCH3 is 1. The summed E-state index contributed by atoms with van der Waals surface area (Å²) >= 11 is 0. The van der Waals surface area contributed by atoms with Gasteiger partial charge in [-0.05, 0) is 12.1 Å². The SMILES string of the molecule is COC(=O)N1CCN(C(=O)c2ccc(F)c(F)c2F)CC1. The third kappa shape index (κ3) is 2.93. The molecule has 0 saturated carbocycles. The topological polar surface area (TPSA) is 49.9 Å². The zero-order chi connectivity index (χ0) is 15.6. The maximum Gasteiger partial charge on any atom is 0.409 e. The van der Waals surface area contributed by atoms with Crippen LogP contribution in [0.4, 0.5) is 18.0 Å². The molecule has 114 valence electrons. The lowest BCUT2D eigenvalue weighted by Crippen LogP contribution is -2.50. The second-order valence-corrected chi connectivity index (χ2v) is 4.47. The lowest BCUT2D eigenvalue weighted by molar-refractivity contribution is 0.0594. The van der Waals surface area contributed by atoms with Crippen molar-refractivity contribution in [1.82, 2.24) is 9.80 Å². The van der Waals surface area contributed by atoms with Gasteiger partial charge in [0.25, 0.3) is 5.91 Å². The summed E-state index contributed by atoms with van der Waals surface area (Å²) in [5.74, 6) is -5.26. The Labute approximate surface area is 118 Å². The van der Waals surface area contributed by atoms with Crippen LogP contribution in [0.25, 0.3) is 0 Å². The number of carbonyl (C=O) groups excluding carboxylic acids is 2. The quantitative estimate of drug-likeness (QED) is 0.741. The maximum atomic E-state index is 13.6. The zero-order valence-corrected chi connectivity index (χ0v) is 11.2. The van der Waals surface area contributed by atoms with Gasteiger partial charge in [0.1, 0.15) is 0 Å². The number of piperazine rings is 1. The average molecular weight is 302 g/mol. The van der Waals surface area contributed by atoms with Crippen molar-refractivity contribution in [3.63, 3.8) is 0 Å². The number of hydrogen-bond donors (Lipinski definition) is 0. The van der Waals surface area contributed by atoms with E-state index in [9.17, 15) is 22.8 Å². The van der Waals surface area contributed by atoms with Gasteiger partial charge >= 0.3 is 6.09 Å². The number of carbonyl (C=O) groups is 2. The summed E-state index contributed by atoms with van der Waals surface area (Å²) in [5.41, 5.74) is -0.527. The minimum Gasteiger partial charge on any atom is -0.453 e. The largest absolute Gasteiger partial charge is 0.453 e. The van der Waals surface area contributed by atoms with E-state index >= 15 is 0 Å². The first-order valence-corrected chi connectivity index (χ1v) is 6.21. The van der Waals surface area contributed by atoms with Crippen LogP contribution in [0.2, 0.25) is 0 Å². The summed E-state index contributed by atoms with van der Waals surface area (Å²) in [6.45, 7) is 0.770. The summed E-state index contributed by atoms with van der Waals surface area (Å²) in [6, 6.07) is 1.61. The molecule has 21 heavy (non-hydrogen) atoms. The normalized spacial score (nSPS) is 15.0. The predicted molar refractivity (Wildman–Crippen MR) is 66.2 cm³/mol. The molecule has 1 aromatic rings. The number of halogens is 3. The molecule has 0 N–H and O–H groups in total. The average Bonchev–Trinajstić information content (AvgIpc) is 2.51. The highest BCUT2D eigenvalue weighted by molar-refractivity contribution is 5.94. The smallest absolute Gasteiger partial charge is 0.409 e. The number of benzene rings is 1. The van der Waals surface area contributed by atoms with Gasteiger partial charge in [-0.1, -0.05) is 0 Å². The number of ether oxygens (including phenoxy) is 1. The van der Waals surface area contributed by atoms with Crippen molar-refractivity contribution in [2.75, 3.05) is 33.3 Å². The van der Waals surface area contributed by atoms with Crippen molar-refractivity contribution in [2.24, 2.45) is 0 Å². The Morgan fingerprint density at radius 3 is 2.14 bits per heavy atom. The molecular weight excluding hydrogens is 289 g/mol. The van der Waals surface area contributed by atoms with Crippen molar-refractivity contribution in [3.8, 4) is 0 Å². The maximum absolute atomic E-state index is 13.6. The summed E-state index contributed by atoms with van der Waals surface area (Å²) in [7, 11) is 1.25. The molecule has 0 spiro atoms. The predicted octanol–water partition coefficient (Wildman–Crippen LogP) is 1.63. The molecule has 2 rings (SSSR count). The standard InChI is InChI=1S/C13H13F3N2O3/c1-21-13(20)18-6-4-17(5-7-18)12(19)8-2-3-9(14)11(16)10(8)15/h2-3H,4-7H2,1H3. The molecule has 1 heterocycles. The first-order chi connectivity index (χ1) is 9.95. The first kappa shape index (κ1) is 15.1. The van der Waals surface area contributed by atoms with Crippen molar-refractivity contribution >= 4 is 12.0 Å². The van der Waals surface area contributed by atoms with Crippen LogP contribution in [-0.2, 0) is 4.74 Å². The molecule has 1 aliphatic heterocycles. The number of rotatable bonds is 1. The van der Waals surface area contributed by atoms with E-state index in [1.54, 1.807) is 0 Å². The fourth-order valence-corrected chi connectivity index (χ4v) is 2.08. The second kappa shape index (κ2) is 6.02. The molecular formula is C13H13F3N2O3. The van der Waals surface area contributed by atoms with E-state index in [0.717, 1.165) is 6.07 Å². The van der Waals surface area contributed by atoms with Crippen LogP contribution < -0.4 is 0 Å². The van der Waals surface area contributed by atoms with Crippen molar-refractivity contribution < 1.29 is 27.5 Å². The van der Waals surface area contributed by atoms with Crippen LogP contribution in [0, 0.1) is 17.5 Å². The van der Waals surface area contributed by atoms with Gasteiger partial charge in [0.05, 0.1) is 12.7 Å². The van der Waals surface area contributed by atoms with Crippen LogP contribution in [0.5, 0.6) is 0 Å². The Hall–Kier alpha value is -2.25. The van der Waals surface area contributed by atoms with E-state index in [1.807, 2.05) is 0 Å². The fourth-order valence-electron chi connectivity index (χ4n) is 2.08. The van der Waals surface area contributed by atoms with Crippen LogP contribution in [0.15, 0.2) is 12.1 Å². The van der Waals surface area contributed by atoms with Crippen molar-refractivity contribution in [2.45, 2.75) is 0 Å². The van der Waals surface area contributed by atoms with Gasteiger partial charge in [-0.3, -0.25) is 4.79 Å². The van der Waals surface area contributed by atoms with Crippen LogP contribution >= 0.6 is 0 Å². The van der Waals surface area contributed by atoms with Crippen molar-refractivity contribution in [3.05, 3.63) is 35.1 Å². The Bertz CT molecular complexity index is 572. The van der Waals surface area contributed by atoms with Gasteiger partial charge in [-0.25, -0.2) is 18.0 Å². The summed E-state index contributed by atoms with van der Waals surface area (Å²) < 4.78 is 44.1. The first-order valence-electron chi connectivity index (χ1n) is 6.21. The number of nitrogens with zero attached hydrogens (tertiary/aromatic N) is 2. The van der Waals surface area contributed by atoms with Crippen molar-refractivity contribution in [1.29, 1.82) is 0 Å². The third-order valence-electron chi connectivity index (χ3n) is 3.27. The summed E-state index contributed by atoms with van der Waals surface area (Å²) in [5, 5.41) is 0. The van der Waals surface area contributed by atoms with E-state index < -0.39 is 35.0 Å². The Kier molecular flexibility index (Phi) is 4.35. The second-order valence-electron chi connectivity index (χ2n) is 4.47. The van der Waals surface area contributed by atoms with Crippen LogP contribution in [-0.4, -0.2) is 55.1 Å². The molecule has 0 atom stereocenters. The molecule has 1 saturated heterocycles. The monoisotopic (exact) mass is 302 g/mol. The minimum absolute atomic E-state index is 0.159. The molecule has 1 aliphatic rings. The van der Waals surface area contributed by atoms with Gasteiger partial charge in [-0.2, -0.15) is 0 Å². The summed E-state index contributed by atoms with van der Waals surface area (Å²) in [6.07, 6.45) is -0.513. The third-order valence-corrected chi connectivity index (χ3v) is 3.27. The highest BCUT2D eigenvalue weighted by atomic mass is 19.2. The molecule has 2 amide bonds. The number of hydrogen-bond acceptors (Lipinski definition) is 3. The Balaban J connectivity index is 2.09. The van der Waals surface area contributed by atoms with E-state index in [0.29, 0.717) is 6.07 Å². The van der Waals surface area contributed by atoms with E-state index in [1.165, 1.54) is 16.9 Å². The lowest BCUT2D eigenvalue weighted by atomic mass is 10.1. The molecule has 0 aliphatic carbocycles. The van der Waals surface area contributed by atoms with Gasteiger partial charge in [0, 0.05) is 26.2 Å². The van der Waals surface area contributed by atoms with E-state index in [2.05, 4.69) is 4.74 Å². The molecule has 5 nitrogen and oxygen atoms in total. The zero-order valence-electron chi connectivity index (χ0n) is 11.2. The molecule has 1 fully saturated rings. The molecule has 0 bridgehead atoms. The Morgan fingerprint density at radius 2 is 1.57 bits per heavy atom. The molecule has 0 radical (unpaired) electrons. The Morgan fingerprint density at radius 1 is 1.00 bits per heavy atom. The number of amides is 2. The van der Waals surface area contributed by atoms with Gasteiger partial charge < -0.3 is 14.5 Å². The molecule has 8 heteroatoms. The highest BCUT2D eigenvalue weighted by Crippen LogP contribution is 2.18.